The molecule has 0 spiro atoms. The Morgan fingerprint density at radius 2 is 2.17 bits per heavy atom. The van der Waals surface area contributed by atoms with E-state index in [1.54, 1.807) is 0 Å². The van der Waals surface area contributed by atoms with E-state index in [-0.39, 0.29) is 0 Å². The maximum Gasteiger partial charge on any atom is 0.179 e. The van der Waals surface area contributed by atoms with Crippen LogP contribution in [0.1, 0.15) is 20.3 Å². The Labute approximate surface area is 75.0 Å². The fourth-order valence-corrected chi connectivity index (χ4v) is 1.38. The summed E-state index contributed by atoms with van der Waals surface area (Å²) in [5.41, 5.74) is 1.41. The minimum absolute atomic E-state index is 0.604. The molecular formula is C10H19N2+. The smallest absolute Gasteiger partial charge is 0.179 e. The second kappa shape index (κ2) is 3.74. The maximum absolute atomic E-state index is 3.38. The molecule has 1 heterocycles. The monoisotopic (exact) mass is 167 g/mol. The van der Waals surface area contributed by atoms with Gasteiger partial charge in [0.1, 0.15) is 14.1 Å². The minimum Gasteiger partial charge on any atom is -0.387 e. The standard InChI is InChI=1S/C10H18N2/c1-8(2)10-7-9(12(3)4)5-6-11-10/h5-6,8,10H,7H2,1-4H3/p+1. The van der Waals surface area contributed by atoms with Crippen molar-refractivity contribution in [3.63, 3.8) is 0 Å². The number of hydrogen-bond acceptors (Lipinski definition) is 1. The van der Waals surface area contributed by atoms with E-state index in [1.807, 2.05) is 0 Å². The van der Waals surface area contributed by atoms with Gasteiger partial charge in [0.15, 0.2) is 5.71 Å². The Balaban J connectivity index is 2.70. The minimum atomic E-state index is 0.604. The first kappa shape index (κ1) is 9.30. The van der Waals surface area contributed by atoms with E-state index in [0.717, 1.165) is 6.42 Å². The third-order valence-electron chi connectivity index (χ3n) is 2.39. The van der Waals surface area contributed by atoms with E-state index in [2.05, 4.69) is 50.1 Å². The molecule has 1 rings (SSSR count). The third-order valence-corrected chi connectivity index (χ3v) is 2.39. The molecule has 12 heavy (non-hydrogen) atoms. The van der Waals surface area contributed by atoms with Crippen LogP contribution in [0.2, 0.25) is 0 Å². The summed E-state index contributed by atoms with van der Waals surface area (Å²) >= 11 is 0. The van der Waals surface area contributed by atoms with Crippen molar-refractivity contribution >= 4 is 5.71 Å². The van der Waals surface area contributed by atoms with Gasteiger partial charge < -0.3 is 5.32 Å². The Morgan fingerprint density at radius 3 is 2.67 bits per heavy atom. The summed E-state index contributed by atoms with van der Waals surface area (Å²) in [5.74, 6) is 0.699. The summed E-state index contributed by atoms with van der Waals surface area (Å²) < 4.78 is 2.19. The van der Waals surface area contributed by atoms with Gasteiger partial charge in [-0.05, 0) is 5.92 Å². The first-order valence-corrected chi connectivity index (χ1v) is 4.57. The van der Waals surface area contributed by atoms with E-state index in [1.165, 1.54) is 5.71 Å². The zero-order valence-electron chi connectivity index (χ0n) is 8.46. The van der Waals surface area contributed by atoms with Crippen molar-refractivity contribution in [2.45, 2.75) is 26.3 Å². The summed E-state index contributed by atoms with van der Waals surface area (Å²) in [6.45, 7) is 4.51. The predicted octanol–water partition coefficient (Wildman–Crippen LogP) is 1.23. The summed E-state index contributed by atoms with van der Waals surface area (Å²) in [6.07, 6.45) is 5.35. The lowest BCUT2D eigenvalue weighted by atomic mass is 9.96. The number of rotatable bonds is 1. The quantitative estimate of drug-likeness (QED) is 0.580. The molecule has 0 saturated heterocycles. The highest BCUT2D eigenvalue weighted by atomic mass is 15.0. The van der Waals surface area contributed by atoms with Gasteiger partial charge in [0, 0.05) is 18.3 Å². The van der Waals surface area contributed by atoms with Crippen LogP contribution in [0.4, 0.5) is 0 Å². The van der Waals surface area contributed by atoms with E-state index in [9.17, 15) is 0 Å². The zero-order chi connectivity index (χ0) is 9.14. The molecule has 1 atom stereocenters. The topological polar surface area (TPSA) is 15.0 Å². The van der Waals surface area contributed by atoms with Crippen LogP contribution >= 0.6 is 0 Å². The van der Waals surface area contributed by atoms with Gasteiger partial charge in [-0.25, -0.2) is 4.58 Å². The lowest BCUT2D eigenvalue weighted by molar-refractivity contribution is -0.465. The molecule has 0 bridgehead atoms. The first-order chi connectivity index (χ1) is 5.61. The Bertz CT molecular complexity index is 210. The van der Waals surface area contributed by atoms with Crippen LogP contribution in [0, 0.1) is 5.92 Å². The van der Waals surface area contributed by atoms with Crippen LogP contribution in [-0.2, 0) is 0 Å². The van der Waals surface area contributed by atoms with Crippen LogP contribution in [0.25, 0.3) is 0 Å². The highest BCUT2D eigenvalue weighted by molar-refractivity contribution is 5.91. The van der Waals surface area contributed by atoms with Crippen molar-refractivity contribution in [2.24, 2.45) is 5.92 Å². The lowest BCUT2D eigenvalue weighted by Crippen LogP contribution is -2.37. The lowest BCUT2D eigenvalue weighted by Gasteiger charge is -2.23. The molecule has 1 aliphatic rings. The second-order valence-electron chi connectivity index (χ2n) is 3.94. The van der Waals surface area contributed by atoms with Crippen molar-refractivity contribution in [3.05, 3.63) is 12.3 Å². The van der Waals surface area contributed by atoms with Crippen LogP contribution < -0.4 is 5.32 Å². The highest BCUT2D eigenvalue weighted by Gasteiger charge is 2.20. The van der Waals surface area contributed by atoms with Crippen LogP contribution in [0.5, 0.6) is 0 Å². The highest BCUT2D eigenvalue weighted by Crippen LogP contribution is 2.10. The zero-order valence-corrected chi connectivity index (χ0v) is 8.46. The van der Waals surface area contributed by atoms with Crippen molar-refractivity contribution in [2.75, 3.05) is 14.1 Å². The van der Waals surface area contributed by atoms with Crippen LogP contribution in [0.3, 0.4) is 0 Å². The van der Waals surface area contributed by atoms with Crippen molar-refractivity contribution in [1.82, 2.24) is 5.32 Å². The summed E-state index contributed by atoms with van der Waals surface area (Å²) in [6, 6.07) is 0.604. The summed E-state index contributed by atoms with van der Waals surface area (Å²) in [7, 11) is 4.20. The van der Waals surface area contributed by atoms with Gasteiger partial charge in [-0.1, -0.05) is 13.8 Å². The normalized spacial score (nSPS) is 22.8. The molecule has 0 aromatic rings. The molecular weight excluding hydrogens is 148 g/mol. The number of allylic oxidation sites excluding steroid dienone is 1. The maximum atomic E-state index is 3.38. The van der Waals surface area contributed by atoms with Gasteiger partial charge in [0.2, 0.25) is 0 Å². The van der Waals surface area contributed by atoms with Crippen molar-refractivity contribution in [1.29, 1.82) is 0 Å². The molecule has 0 fully saturated rings. The molecule has 0 radical (unpaired) electrons. The van der Waals surface area contributed by atoms with Crippen molar-refractivity contribution < 1.29 is 4.58 Å². The Kier molecular flexibility index (Phi) is 2.90. The van der Waals surface area contributed by atoms with Gasteiger partial charge in [0.05, 0.1) is 6.42 Å². The van der Waals surface area contributed by atoms with Crippen molar-refractivity contribution in [3.8, 4) is 0 Å². The van der Waals surface area contributed by atoms with Crippen LogP contribution in [-0.4, -0.2) is 30.4 Å². The molecule has 1 N–H and O–H groups in total. The molecule has 2 heteroatoms. The van der Waals surface area contributed by atoms with Gasteiger partial charge in [-0.15, -0.1) is 0 Å². The number of hydrogen-bond donors (Lipinski definition) is 1. The molecule has 0 aliphatic carbocycles. The van der Waals surface area contributed by atoms with Gasteiger partial charge in [-0.3, -0.25) is 0 Å². The summed E-state index contributed by atoms with van der Waals surface area (Å²) in [4.78, 5) is 0. The van der Waals surface area contributed by atoms with E-state index in [4.69, 9.17) is 0 Å². The average Bonchev–Trinajstić information content (AvgIpc) is 2.04. The van der Waals surface area contributed by atoms with Gasteiger partial charge in [0.25, 0.3) is 0 Å². The fourth-order valence-electron chi connectivity index (χ4n) is 1.38. The molecule has 0 aromatic carbocycles. The molecule has 0 amide bonds. The molecule has 0 saturated carbocycles. The van der Waals surface area contributed by atoms with Crippen LogP contribution in [0.15, 0.2) is 12.3 Å². The SMILES string of the molecule is CC(C)C1CC(=[N+](C)C)C=CN1. The molecule has 2 nitrogen and oxygen atoms in total. The Hall–Kier alpha value is -0.790. The molecule has 0 aromatic heterocycles. The molecule has 1 aliphatic heterocycles. The van der Waals surface area contributed by atoms with Gasteiger partial charge in [-0.2, -0.15) is 0 Å². The third kappa shape index (κ3) is 2.10. The number of nitrogens with zero attached hydrogens (tertiary/aromatic N) is 1. The predicted molar refractivity (Wildman–Crippen MR) is 52.6 cm³/mol. The van der Waals surface area contributed by atoms with Gasteiger partial charge >= 0.3 is 0 Å². The molecule has 1 unspecified atom stereocenters. The molecule has 68 valence electrons. The second-order valence-corrected chi connectivity index (χ2v) is 3.94. The average molecular weight is 167 g/mol. The largest absolute Gasteiger partial charge is 0.387 e. The fraction of sp³-hybridized carbons (Fsp3) is 0.700. The Morgan fingerprint density at radius 1 is 1.50 bits per heavy atom. The van der Waals surface area contributed by atoms with E-state index in [0.29, 0.717) is 12.0 Å². The van der Waals surface area contributed by atoms with E-state index < -0.39 is 0 Å². The number of nitrogens with one attached hydrogen (secondary N) is 1. The first-order valence-electron chi connectivity index (χ1n) is 4.57. The summed E-state index contributed by atoms with van der Waals surface area (Å²) in [5, 5.41) is 3.38. The van der Waals surface area contributed by atoms with E-state index >= 15 is 0 Å².